The summed E-state index contributed by atoms with van der Waals surface area (Å²) < 4.78 is 16.7. The maximum atomic E-state index is 12.6. The molecule has 0 bridgehead atoms. The van der Waals surface area contributed by atoms with Gasteiger partial charge in [0.15, 0.2) is 11.5 Å². The quantitative estimate of drug-likeness (QED) is 0.655. The van der Waals surface area contributed by atoms with Crippen LogP contribution in [0, 0.1) is 0 Å². The Bertz CT molecular complexity index is 1050. The summed E-state index contributed by atoms with van der Waals surface area (Å²) in [7, 11) is 3.19. The van der Waals surface area contributed by atoms with E-state index in [2.05, 4.69) is 15.5 Å². The molecule has 4 rings (SSSR count). The SMILES string of the molecule is COc1ccc(CNC(=O)N2CCC(Oc3nncc4ccccc34)CC2)cc1OC. The van der Waals surface area contributed by atoms with Gasteiger partial charge in [-0.25, -0.2) is 4.79 Å². The summed E-state index contributed by atoms with van der Waals surface area (Å²) in [4.78, 5) is 14.4. The summed E-state index contributed by atoms with van der Waals surface area (Å²) in [5.41, 5.74) is 0.943. The molecule has 8 nitrogen and oxygen atoms in total. The van der Waals surface area contributed by atoms with Crippen LogP contribution in [0.25, 0.3) is 10.8 Å². The number of nitrogens with one attached hydrogen (secondary N) is 1. The van der Waals surface area contributed by atoms with E-state index in [0.717, 1.165) is 29.2 Å². The zero-order valence-electron chi connectivity index (χ0n) is 17.7. The van der Waals surface area contributed by atoms with Crippen LogP contribution < -0.4 is 19.5 Å². The second-order valence-electron chi connectivity index (χ2n) is 7.39. The molecule has 0 unspecified atom stereocenters. The third-order valence-electron chi connectivity index (χ3n) is 5.44. The minimum Gasteiger partial charge on any atom is -0.493 e. The molecule has 1 aliphatic rings. The molecular formula is C23H26N4O4. The molecule has 2 heterocycles. The van der Waals surface area contributed by atoms with E-state index < -0.39 is 0 Å². The zero-order valence-corrected chi connectivity index (χ0v) is 17.7. The fourth-order valence-corrected chi connectivity index (χ4v) is 3.70. The molecule has 1 saturated heterocycles. The third-order valence-corrected chi connectivity index (χ3v) is 5.44. The molecule has 0 saturated carbocycles. The molecule has 2 amide bonds. The number of carbonyl (C=O) groups excluding carboxylic acids is 1. The van der Waals surface area contributed by atoms with Crippen LogP contribution in [-0.2, 0) is 6.54 Å². The molecule has 1 fully saturated rings. The number of hydrogen-bond donors (Lipinski definition) is 1. The lowest BCUT2D eigenvalue weighted by molar-refractivity contribution is 0.108. The Balaban J connectivity index is 1.29. The lowest BCUT2D eigenvalue weighted by Crippen LogP contribution is -2.46. The molecule has 1 aromatic heterocycles. The van der Waals surface area contributed by atoms with Gasteiger partial charge in [0, 0.05) is 43.2 Å². The van der Waals surface area contributed by atoms with E-state index in [1.807, 2.05) is 47.4 Å². The Hall–Kier alpha value is -3.55. The number of rotatable bonds is 6. The highest BCUT2D eigenvalue weighted by Crippen LogP contribution is 2.28. The molecule has 2 aromatic carbocycles. The molecule has 0 atom stereocenters. The first-order chi connectivity index (χ1) is 15.2. The monoisotopic (exact) mass is 422 g/mol. The summed E-state index contributed by atoms with van der Waals surface area (Å²) in [6.07, 6.45) is 3.23. The lowest BCUT2D eigenvalue weighted by atomic mass is 10.1. The number of amides is 2. The van der Waals surface area contributed by atoms with Crippen LogP contribution in [0.15, 0.2) is 48.7 Å². The second kappa shape index (κ2) is 9.51. The summed E-state index contributed by atoms with van der Waals surface area (Å²) in [5.74, 6) is 1.86. The molecule has 31 heavy (non-hydrogen) atoms. The number of piperidine rings is 1. The van der Waals surface area contributed by atoms with E-state index in [1.165, 1.54) is 0 Å². The van der Waals surface area contributed by atoms with Crippen molar-refractivity contribution in [2.24, 2.45) is 0 Å². The largest absolute Gasteiger partial charge is 0.493 e. The van der Waals surface area contributed by atoms with Gasteiger partial charge in [-0.3, -0.25) is 0 Å². The van der Waals surface area contributed by atoms with Gasteiger partial charge < -0.3 is 24.4 Å². The van der Waals surface area contributed by atoms with E-state index in [9.17, 15) is 4.79 Å². The highest BCUT2D eigenvalue weighted by molar-refractivity contribution is 5.85. The predicted molar refractivity (Wildman–Crippen MR) is 117 cm³/mol. The highest BCUT2D eigenvalue weighted by atomic mass is 16.5. The van der Waals surface area contributed by atoms with E-state index in [4.69, 9.17) is 14.2 Å². The molecule has 3 aromatic rings. The van der Waals surface area contributed by atoms with Crippen LogP contribution in [0.5, 0.6) is 17.4 Å². The van der Waals surface area contributed by atoms with E-state index in [-0.39, 0.29) is 12.1 Å². The minimum atomic E-state index is -0.0850. The Labute approximate surface area is 181 Å². The summed E-state index contributed by atoms with van der Waals surface area (Å²) >= 11 is 0. The maximum absolute atomic E-state index is 12.6. The molecule has 8 heteroatoms. The van der Waals surface area contributed by atoms with Gasteiger partial charge in [-0.1, -0.05) is 24.3 Å². The predicted octanol–water partition coefficient (Wildman–Crippen LogP) is 3.40. The first-order valence-electron chi connectivity index (χ1n) is 10.3. The molecule has 1 aliphatic heterocycles. The number of ether oxygens (including phenoxy) is 3. The van der Waals surface area contributed by atoms with Crippen molar-refractivity contribution in [3.63, 3.8) is 0 Å². The van der Waals surface area contributed by atoms with Gasteiger partial charge in [-0.2, -0.15) is 5.10 Å². The number of methoxy groups -OCH3 is 2. The van der Waals surface area contributed by atoms with Crippen molar-refractivity contribution in [2.75, 3.05) is 27.3 Å². The van der Waals surface area contributed by atoms with Gasteiger partial charge in [0.2, 0.25) is 5.88 Å². The van der Waals surface area contributed by atoms with Crippen LogP contribution >= 0.6 is 0 Å². The summed E-state index contributed by atoms with van der Waals surface area (Å²) in [6.45, 7) is 1.67. The van der Waals surface area contributed by atoms with E-state index in [1.54, 1.807) is 20.4 Å². The van der Waals surface area contributed by atoms with Crippen molar-refractivity contribution < 1.29 is 19.0 Å². The second-order valence-corrected chi connectivity index (χ2v) is 7.39. The van der Waals surface area contributed by atoms with Gasteiger partial charge in [0.1, 0.15) is 6.10 Å². The van der Waals surface area contributed by atoms with Crippen molar-refractivity contribution in [1.29, 1.82) is 0 Å². The molecule has 0 aliphatic carbocycles. The zero-order chi connectivity index (χ0) is 21.6. The third kappa shape index (κ3) is 4.79. The lowest BCUT2D eigenvalue weighted by Gasteiger charge is -2.32. The number of likely N-dealkylation sites (tertiary alicyclic amines) is 1. The number of hydrogen-bond acceptors (Lipinski definition) is 6. The van der Waals surface area contributed by atoms with Crippen LogP contribution in [0.4, 0.5) is 4.79 Å². The standard InChI is InChI=1S/C23H26N4O4/c1-29-20-8-7-16(13-21(20)30-2)14-24-23(28)27-11-9-18(10-12-27)31-22-19-6-4-3-5-17(19)15-25-26-22/h3-8,13,15,18H,9-12,14H2,1-2H3,(H,24,28). The van der Waals surface area contributed by atoms with E-state index in [0.29, 0.717) is 37.0 Å². The normalized spacial score (nSPS) is 14.3. The Morgan fingerprint density at radius 1 is 1.10 bits per heavy atom. The van der Waals surface area contributed by atoms with E-state index >= 15 is 0 Å². The highest BCUT2D eigenvalue weighted by Gasteiger charge is 2.24. The number of fused-ring (bicyclic) bond motifs is 1. The number of aromatic nitrogens is 2. The molecule has 0 radical (unpaired) electrons. The Morgan fingerprint density at radius 2 is 1.87 bits per heavy atom. The number of urea groups is 1. The van der Waals surface area contributed by atoms with Gasteiger partial charge in [-0.15, -0.1) is 5.10 Å². The number of carbonyl (C=O) groups is 1. The summed E-state index contributed by atoms with van der Waals surface area (Å²) in [5, 5.41) is 13.1. The van der Waals surface area contributed by atoms with Crippen molar-refractivity contribution >= 4 is 16.8 Å². The fraction of sp³-hybridized carbons (Fsp3) is 0.348. The smallest absolute Gasteiger partial charge is 0.317 e. The van der Waals surface area contributed by atoms with Crippen LogP contribution in [-0.4, -0.2) is 54.5 Å². The molecule has 1 N–H and O–H groups in total. The summed E-state index contributed by atoms with van der Waals surface area (Å²) in [6, 6.07) is 13.4. The maximum Gasteiger partial charge on any atom is 0.317 e. The molecule has 162 valence electrons. The first-order valence-corrected chi connectivity index (χ1v) is 10.3. The average Bonchev–Trinajstić information content (AvgIpc) is 2.83. The average molecular weight is 422 g/mol. The van der Waals surface area contributed by atoms with Crippen LogP contribution in [0.2, 0.25) is 0 Å². The number of benzene rings is 2. The van der Waals surface area contributed by atoms with Crippen molar-refractivity contribution in [3.05, 3.63) is 54.2 Å². The molecule has 0 spiro atoms. The van der Waals surface area contributed by atoms with Crippen molar-refractivity contribution in [3.8, 4) is 17.4 Å². The minimum absolute atomic E-state index is 0.00926. The Morgan fingerprint density at radius 3 is 2.65 bits per heavy atom. The van der Waals surface area contributed by atoms with Crippen LogP contribution in [0.3, 0.4) is 0 Å². The Kier molecular flexibility index (Phi) is 6.35. The van der Waals surface area contributed by atoms with Crippen molar-refractivity contribution in [2.45, 2.75) is 25.5 Å². The topological polar surface area (TPSA) is 85.8 Å². The van der Waals surface area contributed by atoms with Gasteiger partial charge in [0.25, 0.3) is 0 Å². The molecular weight excluding hydrogens is 396 g/mol. The van der Waals surface area contributed by atoms with Crippen LogP contribution in [0.1, 0.15) is 18.4 Å². The van der Waals surface area contributed by atoms with Gasteiger partial charge >= 0.3 is 6.03 Å². The van der Waals surface area contributed by atoms with Gasteiger partial charge in [0.05, 0.1) is 20.4 Å². The van der Waals surface area contributed by atoms with Crippen molar-refractivity contribution in [1.82, 2.24) is 20.4 Å². The number of nitrogens with zero attached hydrogens (tertiary/aromatic N) is 3. The fourth-order valence-electron chi connectivity index (χ4n) is 3.70. The first kappa shape index (κ1) is 20.7. The van der Waals surface area contributed by atoms with Gasteiger partial charge in [-0.05, 0) is 23.8 Å².